The van der Waals surface area contributed by atoms with Crippen molar-refractivity contribution < 1.29 is 9.47 Å². The minimum absolute atomic E-state index is 0.00548. The number of benzene rings is 1. The highest BCUT2D eigenvalue weighted by Crippen LogP contribution is 2.48. The summed E-state index contributed by atoms with van der Waals surface area (Å²) in [6, 6.07) is 10.1. The highest BCUT2D eigenvalue weighted by molar-refractivity contribution is 8.01. The quantitative estimate of drug-likeness (QED) is 0.446. The van der Waals surface area contributed by atoms with Gasteiger partial charge in [0, 0.05) is 32.2 Å². The zero-order valence-corrected chi connectivity index (χ0v) is 19.2. The molecule has 1 N–H and O–H groups in total. The predicted molar refractivity (Wildman–Crippen MR) is 122 cm³/mol. The molecule has 2 atom stereocenters. The van der Waals surface area contributed by atoms with Crippen LogP contribution in [0.3, 0.4) is 0 Å². The van der Waals surface area contributed by atoms with Crippen LogP contribution in [0.4, 0.5) is 5.95 Å². The summed E-state index contributed by atoms with van der Waals surface area (Å²) in [5.74, 6) is 2.10. The van der Waals surface area contributed by atoms with Gasteiger partial charge in [-0.25, -0.2) is 9.97 Å². The molecule has 8 nitrogen and oxygen atoms in total. The first kappa shape index (κ1) is 22.0. The number of hydrogen-bond acceptors (Lipinski definition) is 8. The van der Waals surface area contributed by atoms with Crippen LogP contribution in [0.25, 0.3) is 11.4 Å². The Balaban J connectivity index is 1.57. The van der Waals surface area contributed by atoms with Crippen molar-refractivity contribution in [2.75, 3.05) is 25.5 Å². The average Bonchev–Trinajstić information content (AvgIpc) is 3.43. The number of nitrogens with one attached hydrogen (secondary N) is 1. The summed E-state index contributed by atoms with van der Waals surface area (Å²) in [5, 5.41) is 9.44. The zero-order valence-electron chi connectivity index (χ0n) is 17.7. The molecule has 2 heterocycles. The summed E-state index contributed by atoms with van der Waals surface area (Å²) in [5.41, 5.74) is 0.892. The Kier molecular flexibility index (Phi) is 6.76. The van der Waals surface area contributed by atoms with Crippen molar-refractivity contribution >= 4 is 29.5 Å². The van der Waals surface area contributed by atoms with Gasteiger partial charge in [-0.15, -0.1) is 10.2 Å². The Morgan fingerprint density at radius 3 is 2.48 bits per heavy atom. The second-order valence-corrected chi connectivity index (χ2v) is 9.17. The Labute approximate surface area is 190 Å². The molecule has 0 amide bonds. The molecule has 164 valence electrons. The molecule has 1 aliphatic carbocycles. The molecule has 4 rings (SSSR count). The third kappa shape index (κ3) is 4.69. The van der Waals surface area contributed by atoms with E-state index in [1.54, 1.807) is 26.6 Å². The van der Waals surface area contributed by atoms with Crippen molar-refractivity contribution in [1.82, 2.24) is 24.7 Å². The van der Waals surface area contributed by atoms with E-state index < -0.39 is 0 Å². The van der Waals surface area contributed by atoms with Gasteiger partial charge in [0.1, 0.15) is 6.10 Å². The van der Waals surface area contributed by atoms with E-state index in [1.165, 1.54) is 11.9 Å². The molecular formula is C21H25ClN6O2S. The molecule has 0 radical (unpaired) electrons. The number of nitrogens with zero attached hydrogens (tertiary/aromatic N) is 5. The average molecular weight is 461 g/mol. The van der Waals surface area contributed by atoms with E-state index in [-0.39, 0.29) is 16.9 Å². The summed E-state index contributed by atoms with van der Waals surface area (Å²) >= 11 is 7.41. The SMILES string of the molecule is COCC1(n2c(NSC(C)C(OC)c3ncc(Cl)cn3)nnc2-c2ccccc2)CC1. The molecule has 1 aliphatic rings. The molecule has 0 aliphatic heterocycles. The minimum atomic E-state index is -0.311. The van der Waals surface area contributed by atoms with Crippen LogP contribution in [-0.4, -0.2) is 50.8 Å². The fourth-order valence-electron chi connectivity index (χ4n) is 3.60. The molecule has 2 aromatic heterocycles. The van der Waals surface area contributed by atoms with Crippen LogP contribution in [0.1, 0.15) is 31.7 Å². The monoisotopic (exact) mass is 460 g/mol. The molecule has 31 heavy (non-hydrogen) atoms. The second-order valence-electron chi connectivity index (χ2n) is 7.55. The molecule has 1 aromatic carbocycles. The number of methoxy groups -OCH3 is 2. The summed E-state index contributed by atoms with van der Waals surface area (Å²) < 4.78 is 16.8. The first-order chi connectivity index (χ1) is 15.1. The molecule has 0 spiro atoms. The lowest BCUT2D eigenvalue weighted by Crippen LogP contribution is -2.25. The van der Waals surface area contributed by atoms with Gasteiger partial charge in [0.05, 0.1) is 22.4 Å². The van der Waals surface area contributed by atoms with E-state index in [0.717, 1.165) is 24.2 Å². The number of rotatable bonds is 10. The van der Waals surface area contributed by atoms with Crippen LogP contribution in [-0.2, 0) is 15.0 Å². The molecule has 3 aromatic rings. The lowest BCUT2D eigenvalue weighted by molar-refractivity contribution is 0.0972. The zero-order chi connectivity index (χ0) is 21.8. The first-order valence-electron chi connectivity index (χ1n) is 10.00. The standard InChI is InChI=1S/C21H25ClN6O2S/c1-14(17(30-3)18-23-11-16(22)12-24-18)31-27-20-26-25-19(15-7-5-4-6-8-15)28(20)21(9-10-21)13-29-2/h4-8,11-12,14,17H,9-10,13H2,1-3H3,(H,26,27). The van der Waals surface area contributed by atoms with Crippen molar-refractivity contribution in [3.63, 3.8) is 0 Å². The molecule has 0 bridgehead atoms. The fraction of sp³-hybridized carbons (Fsp3) is 0.429. The van der Waals surface area contributed by atoms with Gasteiger partial charge in [-0.2, -0.15) is 0 Å². The van der Waals surface area contributed by atoms with E-state index in [4.69, 9.17) is 21.1 Å². The van der Waals surface area contributed by atoms with Crippen LogP contribution in [0, 0.1) is 0 Å². The predicted octanol–water partition coefficient (Wildman–Crippen LogP) is 4.36. The molecule has 2 unspecified atom stereocenters. The van der Waals surface area contributed by atoms with Crippen molar-refractivity contribution in [3.8, 4) is 11.4 Å². The number of ether oxygens (including phenoxy) is 2. The topological polar surface area (TPSA) is 87.0 Å². The van der Waals surface area contributed by atoms with Crippen molar-refractivity contribution in [3.05, 3.63) is 53.6 Å². The van der Waals surface area contributed by atoms with Crippen LogP contribution in [0.2, 0.25) is 5.02 Å². The summed E-state index contributed by atoms with van der Waals surface area (Å²) in [6.45, 7) is 2.66. The molecule has 1 saturated carbocycles. The molecule has 10 heteroatoms. The van der Waals surface area contributed by atoms with E-state index in [9.17, 15) is 0 Å². The Morgan fingerprint density at radius 1 is 1.16 bits per heavy atom. The van der Waals surface area contributed by atoms with Gasteiger partial charge in [-0.3, -0.25) is 9.29 Å². The minimum Gasteiger partial charge on any atom is -0.382 e. The molecular weight excluding hydrogens is 436 g/mol. The van der Waals surface area contributed by atoms with Gasteiger partial charge in [-0.05, 0) is 31.7 Å². The van der Waals surface area contributed by atoms with E-state index >= 15 is 0 Å². The van der Waals surface area contributed by atoms with Gasteiger partial charge >= 0.3 is 0 Å². The summed E-state index contributed by atoms with van der Waals surface area (Å²) in [6.07, 6.45) is 4.88. The van der Waals surface area contributed by atoms with Crippen LogP contribution in [0.15, 0.2) is 42.7 Å². The largest absolute Gasteiger partial charge is 0.382 e. The number of anilines is 1. The van der Waals surface area contributed by atoms with Gasteiger partial charge in [-0.1, -0.05) is 41.9 Å². The lowest BCUT2D eigenvalue weighted by Gasteiger charge is -2.23. The van der Waals surface area contributed by atoms with Crippen LogP contribution < -0.4 is 4.72 Å². The maximum absolute atomic E-state index is 5.91. The van der Waals surface area contributed by atoms with Gasteiger partial charge in [0.2, 0.25) is 5.95 Å². The van der Waals surface area contributed by atoms with Crippen molar-refractivity contribution in [2.24, 2.45) is 0 Å². The Morgan fingerprint density at radius 2 is 1.87 bits per heavy atom. The lowest BCUT2D eigenvalue weighted by atomic mass is 10.2. The van der Waals surface area contributed by atoms with E-state index in [2.05, 4.69) is 29.5 Å². The van der Waals surface area contributed by atoms with Gasteiger partial charge in [0.25, 0.3) is 0 Å². The van der Waals surface area contributed by atoms with Crippen LogP contribution in [0.5, 0.6) is 0 Å². The number of halogens is 1. The van der Waals surface area contributed by atoms with Crippen LogP contribution >= 0.6 is 23.5 Å². The smallest absolute Gasteiger partial charge is 0.235 e. The molecule has 1 fully saturated rings. The number of aromatic nitrogens is 5. The second kappa shape index (κ2) is 9.52. The highest BCUT2D eigenvalue weighted by atomic mass is 35.5. The van der Waals surface area contributed by atoms with Crippen molar-refractivity contribution in [1.29, 1.82) is 0 Å². The number of hydrogen-bond donors (Lipinski definition) is 1. The summed E-state index contributed by atoms with van der Waals surface area (Å²) in [7, 11) is 3.37. The maximum atomic E-state index is 5.91. The Bertz CT molecular complexity index is 997. The third-order valence-electron chi connectivity index (χ3n) is 5.32. The van der Waals surface area contributed by atoms with E-state index in [1.807, 2.05) is 37.3 Å². The van der Waals surface area contributed by atoms with Gasteiger partial charge < -0.3 is 9.47 Å². The normalized spacial score (nSPS) is 16.6. The maximum Gasteiger partial charge on any atom is 0.235 e. The summed E-state index contributed by atoms with van der Waals surface area (Å²) in [4.78, 5) is 8.60. The first-order valence-corrected chi connectivity index (χ1v) is 11.3. The fourth-order valence-corrected chi connectivity index (χ4v) is 4.48. The Hall–Kier alpha value is -2.20. The molecule has 0 saturated heterocycles. The van der Waals surface area contributed by atoms with E-state index in [0.29, 0.717) is 23.4 Å². The highest BCUT2D eigenvalue weighted by Gasteiger charge is 2.48. The van der Waals surface area contributed by atoms with Crippen molar-refractivity contribution in [2.45, 2.75) is 36.7 Å². The van der Waals surface area contributed by atoms with Gasteiger partial charge in [0.15, 0.2) is 11.6 Å². The third-order valence-corrected chi connectivity index (χ3v) is 6.44.